The quantitative estimate of drug-likeness (QED) is 0.587. The fourth-order valence-corrected chi connectivity index (χ4v) is 4.02. The molecule has 1 aromatic heterocycles. The van der Waals surface area contributed by atoms with Crippen LogP contribution in [0.1, 0.15) is 30.0 Å². The Balaban J connectivity index is 1.39. The van der Waals surface area contributed by atoms with Crippen LogP contribution in [0.25, 0.3) is 0 Å². The van der Waals surface area contributed by atoms with Gasteiger partial charge < -0.3 is 15.5 Å². The molecule has 0 amide bonds. The monoisotopic (exact) mass is 421 g/mol. The van der Waals surface area contributed by atoms with E-state index < -0.39 is 0 Å². The van der Waals surface area contributed by atoms with Crippen molar-refractivity contribution in [1.82, 2.24) is 14.9 Å². The number of nitriles is 1. The predicted octanol–water partition coefficient (Wildman–Crippen LogP) is 3.44. The molecule has 30 heavy (non-hydrogen) atoms. The lowest BCUT2D eigenvalue weighted by Gasteiger charge is -2.41. The highest BCUT2D eigenvalue weighted by Gasteiger charge is 2.34. The Morgan fingerprint density at radius 2 is 2.00 bits per heavy atom. The van der Waals surface area contributed by atoms with Gasteiger partial charge in [0.1, 0.15) is 5.82 Å². The number of nitrogens with two attached hydrogens (primary N) is 1. The summed E-state index contributed by atoms with van der Waals surface area (Å²) in [6.45, 7) is 7.36. The zero-order valence-corrected chi connectivity index (χ0v) is 17.5. The van der Waals surface area contributed by atoms with Gasteiger partial charge in [-0.3, -0.25) is 4.98 Å². The summed E-state index contributed by atoms with van der Waals surface area (Å²) < 4.78 is 0. The smallest absolute Gasteiger partial charge is 0.150 e. The zero-order valence-electron chi connectivity index (χ0n) is 16.7. The molecule has 2 aliphatic rings. The highest BCUT2D eigenvalue weighted by molar-refractivity contribution is 6.31. The minimum Gasteiger partial charge on any atom is -0.398 e. The molecular weight excluding hydrogens is 398 g/mol. The average Bonchev–Trinajstić information content (AvgIpc) is 2.74. The first kappa shape index (κ1) is 20.2. The van der Waals surface area contributed by atoms with Crippen molar-refractivity contribution >= 4 is 29.3 Å². The van der Waals surface area contributed by atoms with Gasteiger partial charge >= 0.3 is 0 Å². The van der Waals surface area contributed by atoms with E-state index >= 15 is 0 Å². The fourth-order valence-electron chi connectivity index (χ4n) is 3.84. The summed E-state index contributed by atoms with van der Waals surface area (Å²) in [5.41, 5.74) is 8.39. The van der Waals surface area contributed by atoms with Crippen LogP contribution in [0.2, 0.25) is 5.02 Å². The van der Waals surface area contributed by atoms with Gasteiger partial charge in [-0.15, -0.1) is 0 Å². The molecule has 1 aromatic carbocycles. The Kier molecular flexibility index (Phi) is 5.86. The molecule has 8 heteroatoms. The van der Waals surface area contributed by atoms with Gasteiger partial charge in [0.25, 0.3) is 0 Å². The summed E-state index contributed by atoms with van der Waals surface area (Å²) in [7, 11) is 0. The largest absolute Gasteiger partial charge is 0.398 e. The summed E-state index contributed by atoms with van der Waals surface area (Å²) in [6.07, 6.45) is 6.94. The number of likely N-dealkylation sites (tertiary alicyclic amines) is 1. The maximum atomic E-state index is 9.13. The van der Waals surface area contributed by atoms with Crippen molar-refractivity contribution in [2.75, 3.05) is 36.8 Å². The summed E-state index contributed by atoms with van der Waals surface area (Å²) in [6, 6.07) is 7.68. The minimum atomic E-state index is 0.148. The normalized spacial score (nSPS) is 17.7. The van der Waals surface area contributed by atoms with Crippen LogP contribution in [0.5, 0.6) is 0 Å². The Labute approximate surface area is 181 Å². The van der Waals surface area contributed by atoms with Gasteiger partial charge in [-0.25, -0.2) is 9.98 Å². The van der Waals surface area contributed by atoms with Gasteiger partial charge in [0.15, 0.2) is 5.82 Å². The van der Waals surface area contributed by atoms with E-state index in [-0.39, 0.29) is 11.8 Å². The molecule has 2 N–H and O–H groups in total. The maximum absolute atomic E-state index is 9.13. The summed E-state index contributed by atoms with van der Waals surface area (Å²) in [5, 5.41) is 9.75. The van der Waals surface area contributed by atoms with Gasteiger partial charge in [0.05, 0.1) is 11.8 Å². The van der Waals surface area contributed by atoms with Gasteiger partial charge in [0.2, 0.25) is 0 Å². The highest BCUT2D eigenvalue weighted by atomic mass is 35.5. The van der Waals surface area contributed by atoms with Gasteiger partial charge in [-0.05, 0) is 31.0 Å². The van der Waals surface area contributed by atoms with Crippen LogP contribution >= 0.6 is 11.6 Å². The van der Waals surface area contributed by atoms with E-state index in [9.17, 15) is 0 Å². The van der Waals surface area contributed by atoms with E-state index in [4.69, 9.17) is 22.6 Å². The second-order valence-corrected chi connectivity index (χ2v) is 8.14. The minimum absolute atomic E-state index is 0.148. The molecule has 0 atom stereocenters. The number of benzene rings is 1. The van der Waals surface area contributed by atoms with E-state index in [0.29, 0.717) is 16.5 Å². The fraction of sp³-hybridized carbons (Fsp3) is 0.364. The van der Waals surface area contributed by atoms with Crippen LogP contribution in [0.4, 0.5) is 11.5 Å². The molecule has 154 valence electrons. The summed E-state index contributed by atoms with van der Waals surface area (Å²) in [4.78, 5) is 18.1. The Bertz CT molecular complexity index is 999. The van der Waals surface area contributed by atoms with Gasteiger partial charge in [-0.1, -0.05) is 18.2 Å². The number of halogens is 1. The first-order valence-electron chi connectivity index (χ1n) is 10.0. The molecule has 0 spiro atoms. The van der Waals surface area contributed by atoms with E-state index in [1.807, 2.05) is 0 Å². The van der Waals surface area contributed by atoms with Crippen LogP contribution in [-0.4, -0.2) is 47.3 Å². The van der Waals surface area contributed by atoms with Crippen LogP contribution in [0.15, 0.2) is 48.0 Å². The van der Waals surface area contributed by atoms with Crippen molar-refractivity contribution in [3.63, 3.8) is 0 Å². The zero-order chi connectivity index (χ0) is 21.1. The topological polar surface area (TPSA) is 94.4 Å². The van der Waals surface area contributed by atoms with Crippen molar-refractivity contribution < 1.29 is 0 Å². The first-order chi connectivity index (χ1) is 14.5. The second kappa shape index (κ2) is 8.72. The number of rotatable bonds is 5. The van der Waals surface area contributed by atoms with Crippen LogP contribution in [-0.2, 0) is 0 Å². The Hall–Kier alpha value is -3.11. The maximum Gasteiger partial charge on any atom is 0.150 e. The van der Waals surface area contributed by atoms with Crippen molar-refractivity contribution in [1.29, 1.82) is 5.26 Å². The lowest BCUT2D eigenvalue weighted by Crippen LogP contribution is -2.45. The van der Waals surface area contributed by atoms with Crippen molar-refractivity contribution in [2.24, 2.45) is 10.9 Å². The summed E-state index contributed by atoms with van der Waals surface area (Å²) >= 11 is 6.03. The lowest BCUT2D eigenvalue weighted by atomic mass is 9.94. The average molecular weight is 422 g/mol. The Morgan fingerprint density at radius 1 is 1.27 bits per heavy atom. The molecule has 0 aliphatic carbocycles. The molecule has 2 saturated heterocycles. The molecule has 2 aromatic rings. The second-order valence-electron chi connectivity index (χ2n) is 7.71. The third-order valence-electron chi connectivity index (χ3n) is 5.72. The molecule has 7 nitrogen and oxygen atoms in total. The van der Waals surface area contributed by atoms with Crippen molar-refractivity contribution in [3.05, 3.63) is 59.3 Å². The molecule has 0 unspecified atom stereocenters. The van der Waals surface area contributed by atoms with Gasteiger partial charge in [0, 0.05) is 72.9 Å². The molecule has 0 radical (unpaired) electrons. The Morgan fingerprint density at radius 3 is 2.73 bits per heavy atom. The van der Waals surface area contributed by atoms with Crippen LogP contribution in [0.3, 0.4) is 0 Å². The van der Waals surface area contributed by atoms with E-state index in [1.165, 1.54) is 0 Å². The molecule has 2 fully saturated rings. The van der Waals surface area contributed by atoms with Crippen molar-refractivity contribution in [3.8, 4) is 6.07 Å². The summed E-state index contributed by atoms with van der Waals surface area (Å²) in [5.74, 6) is 2.06. The van der Waals surface area contributed by atoms with Crippen LogP contribution in [0, 0.1) is 17.2 Å². The van der Waals surface area contributed by atoms with E-state index in [2.05, 4.69) is 37.4 Å². The van der Waals surface area contributed by atoms with Gasteiger partial charge in [-0.2, -0.15) is 5.26 Å². The number of nitrogens with zero attached hydrogens (tertiary/aromatic N) is 6. The molecule has 0 bridgehead atoms. The highest BCUT2D eigenvalue weighted by Crippen LogP contribution is 2.34. The number of anilines is 2. The molecule has 0 saturated carbocycles. The van der Waals surface area contributed by atoms with E-state index in [0.717, 1.165) is 56.1 Å². The third-order valence-corrected chi connectivity index (χ3v) is 5.95. The molecule has 4 rings (SSSR count). The molecule has 3 heterocycles. The van der Waals surface area contributed by atoms with Crippen LogP contribution < -0.4 is 10.6 Å². The van der Waals surface area contributed by atoms with E-state index in [1.54, 1.807) is 36.8 Å². The lowest BCUT2D eigenvalue weighted by molar-refractivity contribution is 0.195. The number of piperidine rings is 1. The molecule has 2 aliphatic heterocycles. The third kappa shape index (κ3) is 4.24. The molecular formula is C22H24ClN7. The number of nitrogen functional groups attached to an aromatic ring is 1. The SMILES string of the molecule is C=C(N=Cc1cc(Cl)ccc1N)N1CC(c2nccnc2N2CCC(C#N)CC2)C1. The number of aromatic nitrogens is 2. The first-order valence-corrected chi connectivity index (χ1v) is 10.4. The predicted molar refractivity (Wildman–Crippen MR) is 119 cm³/mol. The number of hydrogen-bond donors (Lipinski definition) is 1. The van der Waals surface area contributed by atoms with Crippen molar-refractivity contribution in [2.45, 2.75) is 18.8 Å². The number of aliphatic imine (C=N–C) groups is 1. The standard InChI is InChI=1S/C22H24ClN7/c1-15(28-12-17-10-19(23)2-3-20(17)25)30-13-18(14-30)21-22(27-7-6-26-21)29-8-4-16(11-24)5-9-29/h2-3,6-7,10,12,16,18H,1,4-5,8-9,13-14,25H2. The number of hydrogen-bond acceptors (Lipinski definition) is 7.